The summed E-state index contributed by atoms with van der Waals surface area (Å²) in [4.78, 5) is 0. The summed E-state index contributed by atoms with van der Waals surface area (Å²) in [5.74, 6) is 0. The van der Waals surface area contributed by atoms with Gasteiger partial charge in [-0.2, -0.15) is 17.4 Å². The predicted octanol–water partition coefficient (Wildman–Crippen LogP) is 0.693. The molecule has 2 N–H and O–H groups in total. The molecule has 0 radical (unpaired) electrons. The molecule has 1 saturated heterocycles. The Labute approximate surface area is 105 Å². The van der Waals surface area contributed by atoms with E-state index in [2.05, 4.69) is 10.0 Å². The molecule has 102 valence electrons. The molecule has 6 heteroatoms. The van der Waals surface area contributed by atoms with Crippen LogP contribution < -0.4 is 10.0 Å². The Morgan fingerprint density at radius 2 is 1.82 bits per heavy atom. The van der Waals surface area contributed by atoms with Crippen LogP contribution in [0.25, 0.3) is 0 Å². The van der Waals surface area contributed by atoms with Gasteiger partial charge < -0.3 is 5.32 Å². The molecule has 5 nitrogen and oxygen atoms in total. The maximum Gasteiger partial charge on any atom is 0.280 e. The Kier molecular flexibility index (Phi) is 4.95. The number of nitrogens with one attached hydrogen (secondary N) is 2. The van der Waals surface area contributed by atoms with Crippen LogP contribution in [-0.2, 0) is 10.2 Å². The summed E-state index contributed by atoms with van der Waals surface area (Å²) >= 11 is 0. The SMILES string of the molecule is CCN(C1CCNCC1)S(=O)(=O)NC(C)(C)C. The van der Waals surface area contributed by atoms with Crippen LogP contribution in [-0.4, -0.2) is 43.9 Å². The molecule has 0 aromatic heterocycles. The quantitative estimate of drug-likeness (QED) is 0.784. The largest absolute Gasteiger partial charge is 0.317 e. The highest BCUT2D eigenvalue weighted by Crippen LogP contribution is 2.16. The highest BCUT2D eigenvalue weighted by atomic mass is 32.2. The summed E-state index contributed by atoms with van der Waals surface area (Å²) in [6.45, 7) is 9.79. The van der Waals surface area contributed by atoms with Gasteiger partial charge in [0.1, 0.15) is 0 Å². The van der Waals surface area contributed by atoms with E-state index in [1.54, 1.807) is 4.31 Å². The first-order chi connectivity index (χ1) is 7.76. The minimum atomic E-state index is -3.37. The van der Waals surface area contributed by atoms with Crippen molar-refractivity contribution in [2.45, 2.75) is 52.1 Å². The predicted molar refractivity (Wildman–Crippen MR) is 70.1 cm³/mol. The normalized spacial score (nSPS) is 19.8. The van der Waals surface area contributed by atoms with Crippen molar-refractivity contribution < 1.29 is 8.42 Å². The average Bonchev–Trinajstić information content (AvgIpc) is 2.15. The highest BCUT2D eigenvalue weighted by molar-refractivity contribution is 7.87. The Morgan fingerprint density at radius 3 is 2.24 bits per heavy atom. The molecule has 1 rings (SSSR count). The van der Waals surface area contributed by atoms with Gasteiger partial charge in [0, 0.05) is 18.1 Å². The molecule has 1 aliphatic heterocycles. The molecule has 1 heterocycles. The van der Waals surface area contributed by atoms with Crippen LogP contribution in [0, 0.1) is 0 Å². The minimum absolute atomic E-state index is 0.126. The molecular formula is C11H25N3O2S. The van der Waals surface area contributed by atoms with Crippen LogP contribution in [0.1, 0.15) is 40.5 Å². The lowest BCUT2D eigenvalue weighted by Crippen LogP contribution is -2.54. The fourth-order valence-electron chi connectivity index (χ4n) is 2.16. The van der Waals surface area contributed by atoms with Crippen LogP contribution in [0.2, 0.25) is 0 Å². The van der Waals surface area contributed by atoms with Crippen molar-refractivity contribution in [2.24, 2.45) is 0 Å². The van der Waals surface area contributed by atoms with Crippen LogP contribution >= 0.6 is 0 Å². The topological polar surface area (TPSA) is 61.4 Å². The van der Waals surface area contributed by atoms with Gasteiger partial charge in [-0.1, -0.05) is 6.92 Å². The van der Waals surface area contributed by atoms with E-state index in [0.29, 0.717) is 6.54 Å². The van der Waals surface area contributed by atoms with Crippen molar-refractivity contribution in [1.82, 2.24) is 14.3 Å². The Bertz CT molecular complexity index is 329. The fourth-order valence-corrected chi connectivity index (χ4v) is 4.00. The monoisotopic (exact) mass is 263 g/mol. The molecule has 1 aliphatic rings. The number of rotatable bonds is 4. The molecule has 0 aliphatic carbocycles. The Morgan fingerprint density at radius 1 is 1.29 bits per heavy atom. The average molecular weight is 263 g/mol. The Hall–Kier alpha value is -0.170. The van der Waals surface area contributed by atoms with Crippen LogP contribution in [0.4, 0.5) is 0 Å². The molecular weight excluding hydrogens is 238 g/mol. The number of hydrogen-bond acceptors (Lipinski definition) is 3. The van der Waals surface area contributed by atoms with Crippen LogP contribution in [0.5, 0.6) is 0 Å². The fraction of sp³-hybridized carbons (Fsp3) is 1.00. The first kappa shape index (κ1) is 14.9. The van der Waals surface area contributed by atoms with Gasteiger partial charge in [0.05, 0.1) is 0 Å². The molecule has 0 saturated carbocycles. The molecule has 0 aromatic carbocycles. The third-order valence-electron chi connectivity index (χ3n) is 2.77. The Balaban J connectivity index is 2.78. The number of nitrogens with zero attached hydrogens (tertiary/aromatic N) is 1. The van der Waals surface area contributed by atoms with Gasteiger partial charge in [-0.15, -0.1) is 0 Å². The van der Waals surface area contributed by atoms with Crippen molar-refractivity contribution in [3.05, 3.63) is 0 Å². The van der Waals surface area contributed by atoms with Crippen LogP contribution in [0.3, 0.4) is 0 Å². The van der Waals surface area contributed by atoms with Gasteiger partial charge in [0.15, 0.2) is 0 Å². The van der Waals surface area contributed by atoms with Gasteiger partial charge in [-0.3, -0.25) is 0 Å². The van der Waals surface area contributed by atoms with Gasteiger partial charge in [-0.05, 0) is 46.7 Å². The standard InChI is InChI=1S/C11H25N3O2S/c1-5-14(10-6-8-12-9-7-10)17(15,16)13-11(2,3)4/h10,12-13H,5-9H2,1-4H3. The lowest BCUT2D eigenvalue weighted by Gasteiger charge is -2.35. The molecule has 0 bridgehead atoms. The van der Waals surface area contributed by atoms with Crippen molar-refractivity contribution >= 4 is 10.2 Å². The van der Waals surface area contributed by atoms with E-state index in [4.69, 9.17) is 0 Å². The second-order valence-electron chi connectivity index (χ2n) is 5.54. The van der Waals surface area contributed by atoms with E-state index in [9.17, 15) is 8.42 Å². The molecule has 0 amide bonds. The third kappa shape index (κ3) is 4.54. The summed E-state index contributed by atoms with van der Waals surface area (Å²) in [6.07, 6.45) is 1.78. The zero-order valence-electron chi connectivity index (χ0n) is 11.3. The zero-order valence-corrected chi connectivity index (χ0v) is 12.1. The molecule has 0 spiro atoms. The number of piperidine rings is 1. The molecule has 17 heavy (non-hydrogen) atoms. The lowest BCUT2D eigenvalue weighted by atomic mass is 10.1. The second-order valence-corrected chi connectivity index (χ2v) is 7.16. The smallest absolute Gasteiger partial charge is 0.280 e. The van der Waals surface area contributed by atoms with Crippen molar-refractivity contribution in [1.29, 1.82) is 0 Å². The number of hydrogen-bond donors (Lipinski definition) is 2. The zero-order chi connectivity index (χ0) is 13.1. The van der Waals surface area contributed by atoms with Crippen molar-refractivity contribution in [3.63, 3.8) is 0 Å². The van der Waals surface area contributed by atoms with E-state index in [1.807, 2.05) is 27.7 Å². The summed E-state index contributed by atoms with van der Waals surface area (Å²) < 4.78 is 28.9. The summed E-state index contributed by atoms with van der Waals surface area (Å²) in [5.41, 5.74) is -0.431. The van der Waals surface area contributed by atoms with Crippen molar-refractivity contribution in [2.75, 3.05) is 19.6 Å². The second kappa shape index (κ2) is 5.65. The van der Waals surface area contributed by atoms with E-state index in [1.165, 1.54) is 0 Å². The van der Waals surface area contributed by atoms with E-state index >= 15 is 0 Å². The minimum Gasteiger partial charge on any atom is -0.317 e. The maximum absolute atomic E-state index is 12.3. The first-order valence-electron chi connectivity index (χ1n) is 6.28. The summed E-state index contributed by atoms with van der Waals surface area (Å²) in [5, 5.41) is 3.25. The summed E-state index contributed by atoms with van der Waals surface area (Å²) in [7, 11) is -3.37. The molecule has 0 unspecified atom stereocenters. The van der Waals surface area contributed by atoms with Gasteiger partial charge in [0.2, 0.25) is 0 Å². The van der Waals surface area contributed by atoms with Gasteiger partial charge in [0.25, 0.3) is 10.2 Å². The van der Waals surface area contributed by atoms with Gasteiger partial charge in [-0.25, -0.2) is 0 Å². The van der Waals surface area contributed by atoms with E-state index in [-0.39, 0.29) is 6.04 Å². The molecule has 0 atom stereocenters. The third-order valence-corrected chi connectivity index (χ3v) is 4.82. The van der Waals surface area contributed by atoms with E-state index < -0.39 is 15.7 Å². The molecule has 0 aromatic rings. The molecule has 1 fully saturated rings. The van der Waals surface area contributed by atoms with Gasteiger partial charge >= 0.3 is 0 Å². The lowest BCUT2D eigenvalue weighted by molar-refractivity contribution is 0.264. The van der Waals surface area contributed by atoms with Crippen molar-refractivity contribution in [3.8, 4) is 0 Å². The first-order valence-corrected chi connectivity index (χ1v) is 7.72. The van der Waals surface area contributed by atoms with E-state index in [0.717, 1.165) is 25.9 Å². The maximum atomic E-state index is 12.3. The highest BCUT2D eigenvalue weighted by Gasteiger charge is 2.32. The van der Waals surface area contributed by atoms with Crippen LogP contribution in [0.15, 0.2) is 0 Å². The summed E-state index contributed by atoms with van der Waals surface area (Å²) in [6, 6.07) is 0.126.